The van der Waals surface area contributed by atoms with E-state index >= 15 is 0 Å². The molecule has 3 aromatic rings. The lowest BCUT2D eigenvalue weighted by atomic mass is 10.0. The number of hydrogen-bond donors (Lipinski definition) is 1. The summed E-state index contributed by atoms with van der Waals surface area (Å²) in [5.74, 6) is -0.941. The smallest absolute Gasteiger partial charge is 0.265 e. The van der Waals surface area contributed by atoms with Crippen LogP contribution in [0.3, 0.4) is 0 Å². The molecule has 1 aliphatic heterocycles. The average molecular weight is 410 g/mol. The Morgan fingerprint density at radius 1 is 1.00 bits per heavy atom. The van der Waals surface area contributed by atoms with Crippen LogP contribution in [-0.4, -0.2) is 20.9 Å². The number of anilines is 2. The van der Waals surface area contributed by atoms with Crippen LogP contribution < -0.4 is 9.62 Å². The van der Waals surface area contributed by atoms with Crippen LogP contribution in [0.4, 0.5) is 15.8 Å². The van der Waals surface area contributed by atoms with Crippen molar-refractivity contribution >= 4 is 27.3 Å². The lowest BCUT2D eigenvalue weighted by Crippen LogP contribution is -2.40. The van der Waals surface area contributed by atoms with E-state index in [2.05, 4.69) is 5.32 Å². The number of nitrogens with one attached hydrogen (secondary N) is 1. The molecule has 0 atom stereocenters. The second-order valence-corrected chi connectivity index (χ2v) is 8.56. The van der Waals surface area contributed by atoms with Gasteiger partial charge in [0.25, 0.3) is 10.0 Å². The van der Waals surface area contributed by atoms with Gasteiger partial charge in [-0.1, -0.05) is 43.3 Å². The van der Waals surface area contributed by atoms with E-state index in [4.69, 9.17) is 0 Å². The number of nitrogens with zero attached hydrogens (tertiary/aromatic N) is 1. The summed E-state index contributed by atoms with van der Waals surface area (Å²) in [6, 6.07) is 17.7. The molecule has 0 bridgehead atoms. The topological polar surface area (TPSA) is 66.5 Å². The normalized spacial score (nSPS) is 14.1. The highest BCUT2D eigenvalue weighted by molar-refractivity contribution is 7.93. The average Bonchev–Trinajstić information content (AvgIpc) is 2.72. The standard InChI is InChI=1S/C22H19FN2O3S/c1-2-15-7-3-5-9-19(15)24-22(26)14-25-20-12-11-16(23)13-18(20)17-8-4-6-10-21(17)29(25,27)28/h3-13H,2,14H2,1H3,(H,24,26). The Labute approximate surface area is 168 Å². The molecular formula is C22H19FN2O3S. The highest BCUT2D eigenvalue weighted by atomic mass is 32.2. The first-order chi connectivity index (χ1) is 13.9. The summed E-state index contributed by atoms with van der Waals surface area (Å²) in [4.78, 5) is 12.8. The summed E-state index contributed by atoms with van der Waals surface area (Å²) in [6.07, 6.45) is 0.730. The summed E-state index contributed by atoms with van der Waals surface area (Å²) in [5, 5.41) is 2.79. The van der Waals surface area contributed by atoms with Crippen molar-refractivity contribution in [1.29, 1.82) is 0 Å². The molecule has 0 radical (unpaired) electrons. The summed E-state index contributed by atoms with van der Waals surface area (Å²) < 4.78 is 41.4. The van der Waals surface area contributed by atoms with Crippen molar-refractivity contribution < 1.29 is 17.6 Å². The molecule has 3 aromatic carbocycles. The predicted molar refractivity (Wildman–Crippen MR) is 111 cm³/mol. The molecule has 1 N–H and O–H groups in total. The molecule has 4 rings (SSSR count). The maximum atomic E-state index is 13.9. The quantitative estimate of drug-likeness (QED) is 0.701. The SMILES string of the molecule is CCc1ccccc1NC(=O)CN1c2ccc(F)cc2-c2ccccc2S1(=O)=O. The Hall–Kier alpha value is -3.19. The van der Waals surface area contributed by atoms with Crippen LogP contribution in [-0.2, 0) is 21.2 Å². The van der Waals surface area contributed by atoms with Gasteiger partial charge in [-0.05, 0) is 42.3 Å². The molecule has 1 aliphatic rings. The second kappa shape index (κ2) is 7.33. The predicted octanol–water partition coefficient (Wildman–Crippen LogP) is 4.20. The maximum absolute atomic E-state index is 13.9. The van der Waals surface area contributed by atoms with Crippen LogP contribution in [0.15, 0.2) is 71.6 Å². The molecule has 148 valence electrons. The third-order valence-corrected chi connectivity index (χ3v) is 6.75. The fraction of sp³-hybridized carbons (Fsp3) is 0.136. The van der Waals surface area contributed by atoms with Crippen molar-refractivity contribution in [1.82, 2.24) is 0 Å². The van der Waals surface area contributed by atoms with Crippen molar-refractivity contribution in [2.75, 3.05) is 16.2 Å². The fourth-order valence-corrected chi connectivity index (χ4v) is 5.19. The summed E-state index contributed by atoms with van der Waals surface area (Å²) in [5.41, 5.74) is 2.75. The number of hydrogen-bond acceptors (Lipinski definition) is 3. The Morgan fingerprint density at radius 2 is 1.72 bits per heavy atom. The van der Waals surface area contributed by atoms with E-state index in [-0.39, 0.29) is 10.6 Å². The molecule has 0 saturated heterocycles. The molecule has 0 spiro atoms. The lowest BCUT2D eigenvalue weighted by molar-refractivity contribution is -0.114. The van der Waals surface area contributed by atoms with Gasteiger partial charge in [-0.25, -0.2) is 12.8 Å². The van der Waals surface area contributed by atoms with Crippen molar-refractivity contribution in [2.24, 2.45) is 0 Å². The number of para-hydroxylation sites is 1. The summed E-state index contributed by atoms with van der Waals surface area (Å²) >= 11 is 0. The number of benzene rings is 3. The Kier molecular flexibility index (Phi) is 4.84. The Morgan fingerprint density at radius 3 is 2.52 bits per heavy atom. The molecule has 7 heteroatoms. The zero-order chi connectivity index (χ0) is 20.6. The number of rotatable bonds is 4. The molecule has 1 amide bonds. The van der Waals surface area contributed by atoms with Gasteiger partial charge in [-0.3, -0.25) is 9.10 Å². The largest absolute Gasteiger partial charge is 0.324 e. The number of aryl methyl sites for hydroxylation is 1. The van der Waals surface area contributed by atoms with E-state index in [9.17, 15) is 17.6 Å². The van der Waals surface area contributed by atoms with Crippen molar-refractivity contribution in [3.63, 3.8) is 0 Å². The fourth-order valence-electron chi connectivity index (χ4n) is 3.54. The van der Waals surface area contributed by atoms with E-state index in [0.717, 1.165) is 16.3 Å². The zero-order valence-electron chi connectivity index (χ0n) is 15.7. The van der Waals surface area contributed by atoms with Crippen LogP contribution in [0.5, 0.6) is 0 Å². The minimum Gasteiger partial charge on any atom is -0.324 e. The minimum absolute atomic E-state index is 0.0554. The number of fused-ring (bicyclic) bond motifs is 3. The Bertz CT molecular complexity index is 1210. The van der Waals surface area contributed by atoms with E-state index in [0.29, 0.717) is 16.8 Å². The van der Waals surface area contributed by atoms with Gasteiger partial charge >= 0.3 is 0 Å². The number of amides is 1. The zero-order valence-corrected chi connectivity index (χ0v) is 16.5. The van der Waals surface area contributed by atoms with Gasteiger partial charge in [-0.2, -0.15) is 0 Å². The van der Waals surface area contributed by atoms with Crippen LogP contribution in [0.2, 0.25) is 0 Å². The third kappa shape index (κ3) is 3.38. The number of carbonyl (C=O) groups is 1. The first-order valence-electron chi connectivity index (χ1n) is 9.21. The number of sulfonamides is 1. The van der Waals surface area contributed by atoms with E-state index < -0.39 is 28.3 Å². The van der Waals surface area contributed by atoms with Gasteiger partial charge in [0.05, 0.1) is 10.6 Å². The van der Waals surface area contributed by atoms with E-state index in [1.165, 1.54) is 24.3 Å². The van der Waals surface area contributed by atoms with Crippen LogP contribution in [0.25, 0.3) is 11.1 Å². The van der Waals surface area contributed by atoms with Gasteiger partial charge in [0.1, 0.15) is 12.4 Å². The van der Waals surface area contributed by atoms with Crippen molar-refractivity contribution in [2.45, 2.75) is 18.2 Å². The van der Waals surface area contributed by atoms with E-state index in [1.807, 2.05) is 19.1 Å². The second-order valence-electron chi connectivity index (χ2n) is 6.73. The molecule has 0 fully saturated rings. The molecule has 0 aliphatic carbocycles. The monoisotopic (exact) mass is 410 g/mol. The summed E-state index contributed by atoms with van der Waals surface area (Å²) in [6.45, 7) is 1.56. The van der Waals surface area contributed by atoms with Gasteiger partial charge in [-0.15, -0.1) is 0 Å². The first-order valence-corrected chi connectivity index (χ1v) is 10.6. The van der Waals surface area contributed by atoms with Crippen molar-refractivity contribution in [3.05, 3.63) is 78.1 Å². The Balaban J connectivity index is 1.73. The van der Waals surface area contributed by atoms with Crippen LogP contribution in [0, 0.1) is 5.82 Å². The lowest BCUT2D eigenvalue weighted by Gasteiger charge is -2.31. The molecule has 29 heavy (non-hydrogen) atoms. The highest BCUT2D eigenvalue weighted by Crippen LogP contribution is 2.43. The third-order valence-electron chi connectivity index (χ3n) is 4.93. The van der Waals surface area contributed by atoms with Gasteiger partial charge in [0.15, 0.2) is 0 Å². The summed E-state index contributed by atoms with van der Waals surface area (Å²) in [7, 11) is -3.96. The molecule has 0 aromatic heterocycles. The first kappa shape index (κ1) is 19.1. The molecule has 0 unspecified atom stereocenters. The minimum atomic E-state index is -3.96. The van der Waals surface area contributed by atoms with Crippen LogP contribution in [0.1, 0.15) is 12.5 Å². The van der Waals surface area contributed by atoms with Crippen LogP contribution >= 0.6 is 0 Å². The van der Waals surface area contributed by atoms with E-state index in [1.54, 1.807) is 30.3 Å². The highest BCUT2D eigenvalue weighted by Gasteiger charge is 2.36. The van der Waals surface area contributed by atoms with Crippen molar-refractivity contribution in [3.8, 4) is 11.1 Å². The molecular weight excluding hydrogens is 391 g/mol. The maximum Gasteiger partial charge on any atom is 0.265 e. The number of halogens is 1. The molecule has 1 heterocycles. The van der Waals surface area contributed by atoms with Gasteiger partial charge in [0.2, 0.25) is 5.91 Å². The van der Waals surface area contributed by atoms with Gasteiger partial charge < -0.3 is 5.32 Å². The number of carbonyl (C=O) groups excluding carboxylic acids is 1. The van der Waals surface area contributed by atoms with Gasteiger partial charge in [0, 0.05) is 16.8 Å². The molecule has 5 nitrogen and oxygen atoms in total. The molecule has 0 saturated carbocycles.